The SMILES string of the molecule is Cc1nn2c(c1-c1cccc3ccccc13)N=CC[C@@H]2c1ccccc1. The standard InChI is InChI=1S/C23H19N3/c1-16-22(20-13-7-11-17-8-5-6-12-19(17)20)23-24-15-14-21(26(23)25-16)18-9-3-2-4-10-18/h2-13,15,21H,14H2,1H3/t21-/m1/s1. The van der Waals surface area contributed by atoms with Gasteiger partial charge < -0.3 is 0 Å². The van der Waals surface area contributed by atoms with E-state index in [9.17, 15) is 0 Å². The molecule has 0 saturated heterocycles. The summed E-state index contributed by atoms with van der Waals surface area (Å²) in [5, 5.41) is 7.38. The highest BCUT2D eigenvalue weighted by Gasteiger charge is 2.26. The molecular formula is C23H19N3. The number of nitrogens with zero attached hydrogens (tertiary/aromatic N) is 3. The molecular weight excluding hydrogens is 318 g/mol. The Hall–Kier alpha value is -3.20. The summed E-state index contributed by atoms with van der Waals surface area (Å²) >= 11 is 0. The van der Waals surface area contributed by atoms with E-state index in [1.807, 2.05) is 6.21 Å². The molecule has 0 spiro atoms. The molecule has 0 N–H and O–H groups in total. The van der Waals surface area contributed by atoms with Crippen molar-refractivity contribution in [2.45, 2.75) is 19.4 Å². The van der Waals surface area contributed by atoms with E-state index in [0.717, 1.165) is 23.5 Å². The number of rotatable bonds is 2. The van der Waals surface area contributed by atoms with Crippen molar-refractivity contribution in [2.24, 2.45) is 4.99 Å². The highest BCUT2D eigenvalue weighted by Crippen LogP contribution is 2.41. The monoisotopic (exact) mass is 337 g/mol. The molecule has 0 saturated carbocycles. The lowest BCUT2D eigenvalue weighted by molar-refractivity contribution is 0.533. The van der Waals surface area contributed by atoms with Crippen LogP contribution in [0.3, 0.4) is 0 Å². The molecule has 126 valence electrons. The molecule has 5 rings (SSSR count). The van der Waals surface area contributed by atoms with Gasteiger partial charge in [-0.25, -0.2) is 9.67 Å². The van der Waals surface area contributed by atoms with Gasteiger partial charge in [0.05, 0.1) is 11.7 Å². The van der Waals surface area contributed by atoms with Gasteiger partial charge in [0.25, 0.3) is 0 Å². The van der Waals surface area contributed by atoms with Gasteiger partial charge in [-0.3, -0.25) is 0 Å². The van der Waals surface area contributed by atoms with Crippen LogP contribution in [-0.4, -0.2) is 16.0 Å². The second-order valence-corrected chi connectivity index (χ2v) is 6.73. The highest BCUT2D eigenvalue weighted by molar-refractivity contribution is 5.99. The van der Waals surface area contributed by atoms with Crippen LogP contribution in [0.25, 0.3) is 21.9 Å². The quantitative estimate of drug-likeness (QED) is 0.461. The molecule has 3 nitrogen and oxygen atoms in total. The summed E-state index contributed by atoms with van der Waals surface area (Å²) in [4.78, 5) is 4.75. The molecule has 2 heterocycles. The van der Waals surface area contributed by atoms with Crippen LogP contribution in [0.1, 0.15) is 23.7 Å². The molecule has 1 aromatic heterocycles. The van der Waals surface area contributed by atoms with E-state index < -0.39 is 0 Å². The van der Waals surface area contributed by atoms with E-state index in [4.69, 9.17) is 10.1 Å². The average Bonchev–Trinajstić information content (AvgIpc) is 3.04. The zero-order chi connectivity index (χ0) is 17.5. The van der Waals surface area contributed by atoms with Crippen LogP contribution in [-0.2, 0) is 0 Å². The number of hydrogen-bond donors (Lipinski definition) is 0. The third kappa shape index (κ3) is 2.28. The molecule has 0 radical (unpaired) electrons. The van der Waals surface area contributed by atoms with Gasteiger partial charge in [-0.2, -0.15) is 5.10 Å². The third-order valence-electron chi connectivity index (χ3n) is 5.14. The number of fused-ring (bicyclic) bond motifs is 2. The molecule has 1 aliphatic heterocycles. The molecule has 26 heavy (non-hydrogen) atoms. The van der Waals surface area contributed by atoms with Crippen molar-refractivity contribution in [1.29, 1.82) is 0 Å². The van der Waals surface area contributed by atoms with Crippen LogP contribution >= 0.6 is 0 Å². The van der Waals surface area contributed by atoms with Gasteiger partial charge in [-0.1, -0.05) is 72.8 Å². The first-order valence-electron chi connectivity index (χ1n) is 8.97. The second kappa shape index (κ2) is 5.95. The van der Waals surface area contributed by atoms with Gasteiger partial charge in [-0.05, 0) is 28.8 Å². The van der Waals surface area contributed by atoms with E-state index in [-0.39, 0.29) is 6.04 Å². The summed E-state index contributed by atoms with van der Waals surface area (Å²) in [6.07, 6.45) is 2.90. The minimum atomic E-state index is 0.200. The van der Waals surface area contributed by atoms with Crippen LogP contribution in [0.4, 0.5) is 5.82 Å². The minimum absolute atomic E-state index is 0.200. The lowest BCUT2D eigenvalue weighted by atomic mass is 9.97. The molecule has 1 atom stereocenters. The lowest BCUT2D eigenvalue weighted by Crippen LogP contribution is -2.15. The van der Waals surface area contributed by atoms with E-state index in [1.165, 1.54) is 21.9 Å². The fourth-order valence-electron chi connectivity index (χ4n) is 3.93. The van der Waals surface area contributed by atoms with Crippen molar-refractivity contribution in [3.05, 3.63) is 84.1 Å². The van der Waals surface area contributed by atoms with Crippen LogP contribution in [0.2, 0.25) is 0 Å². The molecule has 0 amide bonds. The maximum atomic E-state index is 4.90. The fourth-order valence-corrected chi connectivity index (χ4v) is 3.93. The highest BCUT2D eigenvalue weighted by atomic mass is 15.3. The Kier molecular flexibility index (Phi) is 3.45. The van der Waals surface area contributed by atoms with E-state index in [0.29, 0.717) is 0 Å². The Bertz CT molecular complexity index is 1120. The summed E-state index contributed by atoms with van der Waals surface area (Å²) in [6.45, 7) is 2.08. The van der Waals surface area contributed by atoms with E-state index >= 15 is 0 Å². The normalized spacial score (nSPS) is 16.0. The van der Waals surface area contributed by atoms with Gasteiger partial charge >= 0.3 is 0 Å². The maximum absolute atomic E-state index is 4.90. The molecule has 0 aliphatic carbocycles. The summed E-state index contributed by atoms with van der Waals surface area (Å²) < 4.78 is 2.10. The van der Waals surface area contributed by atoms with Crippen molar-refractivity contribution in [2.75, 3.05) is 0 Å². The molecule has 3 heteroatoms. The Labute approximate surface area is 152 Å². The van der Waals surface area contributed by atoms with Crippen LogP contribution < -0.4 is 0 Å². The van der Waals surface area contributed by atoms with Crippen molar-refractivity contribution < 1.29 is 0 Å². The van der Waals surface area contributed by atoms with Crippen LogP contribution in [0, 0.1) is 6.92 Å². The van der Waals surface area contributed by atoms with Crippen LogP contribution in [0.15, 0.2) is 77.8 Å². The predicted molar refractivity (Wildman–Crippen MR) is 107 cm³/mol. The first kappa shape index (κ1) is 15.1. The third-order valence-corrected chi connectivity index (χ3v) is 5.14. The molecule has 0 unspecified atom stereocenters. The summed E-state index contributed by atoms with van der Waals surface area (Å²) in [6, 6.07) is 25.7. The smallest absolute Gasteiger partial charge is 0.158 e. The lowest BCUT2D eigenvalue weighted by Gasteiger charge is -2.21. The van der Waals surface area contributed by atoms with Gasteiger partial charge in [0.1, 0.15) is 0 Å². The summed E-state index contributed by atoms with van der Waals surface area (Å²) in [5.41, 5.74) is 4.63. The summed E-state index contributed by atoms with van der Waals surface area (Å²) in [7, 11) is 0. The predicted octanol–water partition coefficient (Wildman–Crippen LogP) is 5.71. The van der Waals surface area contributed by atoms with Crippen molar-refractivity contribution in [3.63, 3.8) is 0 Å². The Morgan fingerprint density at radius 1 is 0.885 bits per heavy atom. The second-order valence-electron chi connectivity index (χ2n) is 6.73. The van der Waals surface area contributed by atoms with Crippen molar-refractivity contribution in [1.82, 2.24) is 9.78 Å². The summed E-state index contributed by atoms with van der Waals surface area (Å²) in [5.74, 6) is 0.957. The zero-order valence-electron chi connectivity index (χ0n) is 14.6. The van der Waals surface area contributed by atoms with Crippen molar-refractivity contribution in [3.8, 4) is 11.1 Å². The topological polar surface area (TPSA) is 30.2 Å². The van der Waals surface area contributed by atoms with Gasteiger partial charge in [0.2, 0.25) is 0 Å². The van der Waals surface area contributed by atoms with Gasteiger partial charge in [0, 0.05) is 18.2 Å². The molecule has 3 aromatic carbocycles. The van der Waals surface area contributed by atoms with E-state index in [1.54, 1.807) is 0 Å². The van der Waals surface area contributed by atoms with Gasteiger partial charge in [0.15, 0.2) is 5.82 Å². The van der Waals surface area contributed by atoms with Crippen molar-refractivity contribution >= 4 is 22.8 Å². The number of benzene rings is 3. The Balaban J connectivity index is 1.74. The number of hydrogen-bond acceptors (Lipinski definition) is 2. The molecule has 4 aromatic rings. The minimum Gasteiger partial charge on any atom is -0.241 e. The first-order valence-corrected chi connectivity index (χ1v) is 8.97. The first-order chi connectivity index (χ1) is 12.8. The average molecular weight is 337 g/mol. The number of aryl methyl sites for hydroxylation is 1. The maximum Gasteiger partial charge on any atom is 0.158 e. The van der Waals surface area contributed by atoms with Crippen LogP contribution in [0.5, 0.6) is 0 Å². The molecule has 0 bridgehead atoms. The Morgan fingerprint density at radius 3 is 2.54 bits per heavy atom. The van der Waals surface area contributed by atoms with Gasteiger partial charge in [-0.15, -0.1) is 0 Å². The number of aromatic nitrogens is 2. The molecule has 0 fully saturated rings. The molecule has 1 aliphatic rings. The Morgan fingerprint density at radius 2 is 1.65 bits per heavy atom. The van der Waals surface area contributed by atoms with E-state index in [2.05, 4.69) is 84.4 Å². The zero-order valence-corrected chi connectivity index (χ0v) is 14.6. The fraction of sp³-hybridized carbons (Fsp3) is 0.130. The number of aliphatic imine (C=N–C) groups is 1. The largest absolute Gasteiger partial charge is 0.241 e.